The average molecular weight is 622 g/mol. The van der Waals surface area contributed by atoms with Crippen molar-refractivity contribution in [1.29, 1.82) is 0 Å². The lowest BCUT2D eigenvalue weighted by Gasteiger charge is -2.43. The van der Waals surface area contributed by atoms with E-state index in [1.807, 2.05) is 19.9 Å². The van der Waals surface area contributed by atoms with Crippen LogP contribution >= 0.6 is 0 Å². The van der Waals surface area contributed by atoms with Gasteiger partial charge in [-0.05, 0) is 51.7 Å². The maximum absolute atomic E-state index is 13.7. The van der Waals surface area contributed by atoms with E-state index in [0.29, 0.717) is 55.5 Å². The van der Waals surface area contributed by atoms with Gasteiger partial charge in [0.1, 0.15) is 12.7 Å². The SMILES string of the molecule is CCC(C)(C(=O)NCCCNC(=O)c1ccc(C(=O)c2ccccc2)cc1)C(C)(CCC(C)C(=O)N(C)C)C(=O)OCC1CO1. The highest BCUT2D eigenvalue weighted by Crippen LogP contribution is 2.47. The molecule has 0 radical (unpaired) electrons. The van der Waals surface area contributed by atoms with Crippen molar-refractivity contribution >= 4 is 29.5 Å². The first-order chi connectivity index (χ1) is 21.3. The van der Waals surface area contributed by atoms with Crippen LogP contribution in [0.3, 0.4) is 0 Å². The van der Waals surface area contributed by atoms with Crippen molar-refractivity contribution in [3.8, 4) is 0 Å². The lowest BCUT2D eigenvalue weighted by molar-refractivity contribution is -0.170. The second kappa shape index (κ2) is 15.8. The van der Waals surface area contributed by atoms with Crippen molar-refractivity contribution in [3.05, 3.63) is 71.3 Å². The number of ketones is 1. The highest BCUT2D eigenvalue weighted by molar-refractivity contribution is 6.09. The first kappa shape index (κ1) is 35.4. The van der Waals surface area contributed by atoms with Gasteiger partial charge in [-0.3, -0.25) is 24.0 Å². The topological polar surface area (TPSA) is 134 Å². The molecule has 4 atom stereocenters. The summed E-state index contributed by atoms with van der Waals surface area (Å²) in [7, 11) is 3.39. The number of hydrogen-bond donors (Lipinski definition) is 2. The van der Waals surface area contributed by atoms with E-state index in [1.165, 1.54) is 4.90 Å². The zero-order valence-electron chi connectivity index (χ0n) is 27.3. The summed E-state index contributed by atoms with van der Waals surface area (Å²) >= 11 is 0. The molecule has 1 fully saturated rings. The van der Waals surface area contributed by atoms with Crippen LogP contribution in [-0.2, 0) is 23.9 Å². The van der Waals surface area contributed by atoms with Crippen LogP contribution in [0.4, 0.5) is 0 Å². The van der Waals surface area contributed by atoms with E-state index < -0.39 is 16.8 Å². The summed E-state index contributed by atoms with van der Waals surface area (Å²) in [5.41, 5.74) is -0.804. The van der Waals surface area contributed by atoms with E-state index in [1.54, 1.807) is 76.5 Å². The summed E-state index contributed by atoms with van der Waals surface area (Å²) < 4.78 is 10.8. The average Bonchev–Trinajstić information content (AvgIpc) is 3.89. The molecule has 10 heteroatoms. The Morgan fingerprint density at radius 3 is 2.07 bits per heavy atom. The molecule has 1 aliphatic rings. The van der Waals surface area contributed by atoms with Crippen LogP contribution < -0.4 is 10.6 Å². The zero-order valence-corrected chi connectivity index (χ0v) is 27.3. The zero-order chi connectivity index (χ0) is 33.2. The molecule has 45 heavy (non-hydrogen) atoms. The molecule has 0 spiro atoms. The van der Waals surface area contributed by atoms with Crippen LogP contribution in [0.1, 0.15) is 79.7 Å². The number of epoxide rings is 1. The third-order valence-corrected chi connectivity index (χ3v) is 8.99. The third kappa shape index (κ3) is 9.00. The van der Waals surface area contributed by atoms with E-state index in [-0.39, 0.29) is 48.7 Å². The summed E-state index contributed by atoms with van der Waals surface area (Å²) in [4.78, 5) is 66.5. The molecular formula is C35H47N3O7. The molecule has 0 aliphatic carbocycles. The van der Waals surface area contributed by atoms with Crippen molar-refractivity contribution < 1.29 is 33.4 Å². The molecule has 0 aromatic heterocycles. The van der Waals surface area contributed by atoms with Gasteiger partial charge in [-0.15, -0.1) is 0 Å². The van der Waals surface area contributed by atoms with Crippen LogP contribution in [0.2, 0.25) is 0 Å². The normalized spacial score (nSPS) is 17.2. The van der Waals surface area contributed by atoms with E-state index in [2.05, 4.69) is 10.6 Å². The number of amides is 3. The van der Waals surface area contributed by atoms with Gasteiger partial charge in [-0.1, -0.05) is 56.3 Å². The monoisotopic (exact) mass is 621 g/mol. The molecule has 1 saturated heterocycles. The summed E-state index contributed by atoms with van der Waals surface area (Å²) in [6.45, 7) is 8.48. The first-order valence-electron chi connectivity index (χ1n) is 15.6. The summed E-state index contributed by atoms with van der Waals surface area (Å²) in [5.74, 6) is -1.54. The molecule has 1 heterocycles. The fourth-order valence-electron chi connectivity index (χ4n) is 5.28. The highest BCUT2D eigenvalue weighted by Gasteiger charge is 2.54. The number of ether oxygens (including phenoxy) is 2. The fraction of sp³-hybridized carbons (Fsp3) is 0.514. The minimum absolute atomic E-state index is 0.0431. The number of esters is 1. The molecule has 3 amide bonds. The lowest BCUT2D eigenvalue weighted by atomic mass is 9.60. The third-order valence-electron chi connectivity index (χ3n) is 8.99. The van der Waals surface area contributed by atoms with E-state index in [9.17, 15) is 24.0 Å². The molecular weight excluding hydrogens is 574 g/mol. The number of carbonyl (C=O) groups is 5. The Kier molecular flexibility index (Phi) is 12.4. The van der Waals surface area contributed by atoms with Gasteiger partial charge in [0.05, 0.1) is 17.4 Å². The smallest absolute Gasteiger partial charge is 0.312 e. The largest absolute Gasteiger partial charge is 0.462 e. The maximum Gasteiger partial charge on any atom is 0.312 e. The number of nitrogens with one attached hydrogen (secondary N) is 2. The second-order valence-corrected chi connectivity index (χ2v) is 12.4. The molecule has 0 saturated carbocycles. The van der Waals surface area contributed by atoms with E-state index in [0.717, 1.165) is 0 Å². The Morgan fingerprint density at radius 1 is 0.911 bits per heavy atom. The van der Waals surface area contributed by atoms with Crippen LogP contribution in [0.5, 0.6) is 0 Å². The standard InChI is InChI=1S/C35H47N3O7/c1-7-34(3,35(4,33(43)45-23-28-22-44-28)19-18-24(2)31(41)38(5)6)32(42)37-21-11-20-36-30(40)27-16-14-26(15-17-27)29(39)25-12-9-8-10-13-25/h8-10,12-17,24,28H,7,11,18-23H2,1-6H3,(H,36,40)(H,37,42). The molecule has 1 aliphatic heterocycles. The highest BCUT2D eigenvalue weighted by atomic mass is 16.6. The van der Waals surface area contributed by atoms with Crippen molar-refractivity contribution in [2.75, 3.05) is 40.4 Å². The maximum atomic E-state index is 13.7. The van der Waals surface area contributed by atoms with Crippen LogP contribution in [-0.4, -0.2) is 80.9 Å². The number of hydrogen-bond acceptors (Lipinski definition) is 7. The Bertz CT molecular complexity index is 1340. The Labute approximate surface area is 266 Å². The number of carbonyl (C=O) groups excluding carboxylic acids is 5. The quantitative estimate of drug-likeness (QED) is 0.118. The predicted molar refractivity (Wildman–Crippen MR) is 171 cm³/mol. The predicted octanol–water partition coefficient (Wildman–Crippen LogP) is 4.02. The summed E-state index contributed by atoms with van der Waals surface area (Å²) in [6.07, 6.45) is 1.44. The molecule has 4 unspecified atom stereocenters. The molecule has 244 valence electrons. The van der Waals surface area contributed by atoms with E-state index in [4.69, 9.17) is 9.47 Å². The van der Waals surface area contributed by atoms with Crippen LogP contribution in [0.25, 0.3) is 0 Å². The van der Waals surface area contributed by atoms with Crippen LogP contribution in [0.15, 0.2) is 54.6 Å². The van der Waals surface area contributed by atoms with Gasteiger partial charge in [0.25, 0.3) is 5.91 Å². The van der Waals surface area contributed by atoms with Gasteiger partial charge in [-0.2, -0.15) is 0 Å². The van der Waals surface area contributed by atoms with Gasteiger partial charge in [0, 0.05) is 49.8 Å². The van der Waals surface area contributed by atoms with Crippen molar-refractivity contribution in [3.63, 3.8) is 0 Å². The van der Waals surface area contributed by atoms with Crippen molar-refractivity contribution in [2.45, 2.75) is 59.5 Å². The van der Waals surface area contributed by atoms with Crippen molar-refractivity contribution in [1.82, 2.24) is 15.5 Å². The number of nitrogens with zero attached hydrogens (tertiary/aromatic N) is 1. The minimum atomic E-state index is -1.19. The van der Waals surface area contributed by atoms with Gasteiger partial charge in [0.15, 0.2) is 5.78 Å². The van der Waals surface area contributed by atoms with Crippen LogP contribution in [0, 0.1) is 16.7 Å². The van der Waals surface area contributed by atoms with Gasteiger partial charge in [-0.25, -0.2) is 0 Å². The molecule has 3 rings (SSSR count). The molecule has 2 aromatic carbocycles. The Balaban J connectivity index is 1.56. The number of rotatable bonds is 17. The minimum Gasteiger partial charge on any atom is -0.462 e. The Hall–Kier alpha value is -4.05. The molecule has 10 nitrogen and oxygen atoms in total. The number of benzene rings is 2. The molecule has 2 aromatic rings. The summed E-state index contributed by atoms with van der Waals surface area (Å²) in [6, 6.07) is 15.4. The van der Waals surface area contributed by atoms with E-state index >= 15 is 0 Å². The van der Waals surface area contributed by atoms with Gasteiger partial charge < -0.3 is 25.0 Å². The summed E-state index contributed by atoms with van der Waals surface area (Å²) in [5, 5.41) is 5.80. The molecule has 0 bridgehead atoms. The first-order valence-corrected chi connectivity index (χ1v) is 15.6. The van der Waals surface area contributed by atoms with Gasteiger partial charge >= 0.3 is 5.97 Å². The lowest BCUT2D eigenvalue weighted by Crippen LogP contribution is -2.54. The van der Waals surface area contributed by atoms with Crippen molar-refractivity contribution in [2.24, 2.45) is 16.7 Å². The fourth-order valence-corrected chi connectivity index (χ4v) is 5.28. The Morgan fingerprint density at radius 2 is 1.49 bits per heavy atom. The van der Waals surface area contributed by atoms with Gasteiger partial charge in [0.2, 0.25) is 11.8 Å². The second-order valence-electron chi connectivity index (χ2n) is 12.4. The molecule has 2 N–H and O–H groups in total.